The van der Waals surface area contributed by atoms with Gasteiger partial charge in [0.05, 0.1) is 12.9 Å². The maximum absolute atomic E-state index is 10.2. The van der Waals surface area contributed by atoms with Gasteiger partial charge < -0.3 is 35.4 Å². The number of fused-ring (bicyclic) bond motifs is 1. The minimum Gasteiger partial charge on any atom is -0.398 e. The van der Waals surface area contributed by atoms with Gasteiger partial charge in [0.1, 0.15) is 43.1 Å². The smallest absolute Gasteiger partial charge is 0.398 e. The van der Waals surface area contributed by atoms with Gasteiger partial charge in [0.25, 0.3) is 0 Å². The van der Waals surface area contributed by atoms with Crippen molar-refractivity contribution in [3.63, 3.8) is 0 Å². The van der Waals surface area contributed by atoms with Crippen LogP contribution in [0.3, 0.4) is 0 Å². The molecule has 0 aliphatic carbocycles. The molecule has 174 valence electrons. The maximum atomic E-state index is 10.2. The van der Waals surface area contributed by atoms with E-state index in [9.17, 15) is 19.6 Å². The van der Waals surface area contributed by atoms with E-state index in [1.54, 1.807) is 0 Å². The largest absolute Gasteiger partial charge is 0.674 e. The Kier molecular flexibility index (Phi) is 7.79. The van der Waals surface area contributed by atoms with Crippen molar-refractivity contribution in [3.8, 4) is 0 Å². The van der Waals surface area contributed by atoms with Crippen molar-refractivity contribution in [2.45, 2.75) is 38.1 Å². The molecule has 2 aliphatic heterocycles. The Hall–Kier alpha value is -2.59. The van der Waals surface area contributed by atoms with Crippen molar-refractivity contribution >= 4 is 19.0 Å². The van der Waals surface area contributed by atoms with E-state index >= 15 is 0 Å². The molecule has 1 aromatic carbocycles. The first-order chi connectivity index (χ1) is 15.2. The first-order valence-electron chi connectivity index (χ1n) is 9.71. The van der Waals surface area contributed by atoms with Crippen molar-refractivity contribution in [2.24, 2.45) is 0 Å². The molecule has 0 amide bonds. The molecule has 2 aromatic rings. The van der Waals surface area contributed by atoms with Crippen LogP contribution in [0.2, 0.25) is 0 Å². The molecule has 32 heavy (non-hydrogen) atoms. The lowest BCUT2D eigenvalue weighted by atomic mass is 10.1. The number of rotatable bonds is 5. The number of aromatic nitrogens is 2. The van der Waals surface area contributed by atoms with Crippen molar-refractivity contribution in [1.82, 2.24) is 14.6 Å². The summed E-state index contributed by atoms with van der Waals surface area (Å²) in [5.74, 6) is 0.559. The van der Waals surface area contributed by atoms with Gasteiger partial charge in [-0.3, -0.25) is 19.1 Å². The van der Waals surface area contributed by atoms with Crippen LogP contribution in [0.4, 0.5) is 10.1 Å². The summed E-state index contributed by atoms with van der Waals surface area (Å²) in [6.07, 6.45) is -2.79. The molecule has 7 N–H and O–H groups in total. The van der Waals surface area contributed by atoms with Gasteiger partial charge in [0, 0.05) is 0 Å². The molecule has 1 fully saturated rings. The lowest BCUT2D eigenvalue weighted by Crippen LogP contribution is -2.41. The molecule has 14 heteroatoms. The normalized spacial score (nSPS) is 24.5. The van der Waals surface area contributed by atoms with E-state index in [-0.39, 0.29) is 12.5 Å². The number of aryl methyl sites for hydroxylation is 1. The third kappa shape index (κ3) is 5.07. The highest BCUT2D eigenvalue weighted by atomic mass is 19.1. The second kappa shape index (κ2) is 10.4. The van der Waals surface area contributed by atoms with E-state index in [2.05, 4.69) is 10.3 Å². The fourth-order valence-electron chi connectivity index (χ4n) is 3.39. The number of anilines is 1. The average molecular weight is 453 g/mol. The Labute approximate surface area is 183 Å². The molecule has 4 rings (SSSR count). The molecule has 12 nitrogen and oxygen atoms in total. The Bertz CT molecular complexity index is 930. The predicted molar refractivity (Wildman–Crippen MR) is 110 cm³/mol. The average Bonchev–Trinajstić information content (AvgIpc) is 3.30. The molecular weight excluding hydrogens is 428 g/mol. The number of hydroxylamine groups is 2. The van der Waals surface area contributed by atoms with Crippen molar-refractivity contribution in [3.05, 3.63) is 47.4 Å². The van der Waals surface area contributed by atoms with Crippen LogP contribution >= 0.6 is 0 Å². The zero-order chi connectivity index (χ0) is 23.4. The van der Waals surface area contributed by atoms with Gasteiger partial charge in [-0.2, -0.15) is 0 Å². The minimum absolute atomic E-state index is 0.0767. The standard InChI is InChI=1S/C18H23N5O5.BFH2O2/c1-10-4-2-3-5-11(10)7-27-23-9-21-17-13(16(23)19)20-8-22(17)18-15(26)14(25)12(6-24)28-18;2-1(3)4/h2-5,8,12,14-15,18-19,21,24-26H,6-7,9H2,1H3;3-4H/t12-,14-,15-,18-;/m1./s1. The van der Waals surface area contributed by atoms with Crippen LogP contribution in [0.1, 0.15) is 23.0 Å². The Morgan fingerprint density at radius 2 is 2.00 bits per heavy atom. The van der Waals surface area contributed by atoms with Crippen molar-refractivity contribution < 1.29 is 39.3 Å². The summed E-state index contributed by atoms with van der Waals surface area (Å²) in [6.45, 7) is 2.12. The number of ether oxygens (including phenoxy) is 1. The predicted octanol–water partition coefficient (Wildman–Crippen LogP) is -1.13. The van der Waals surface area contributed by atoms with E-state index in [0.717, 1.165) is 11.1 Å². The first kappa shape index (κ1) is 24.1. The SMILES string of the molecule is Cc1ccccc1CON1CNc2c(ncn2[C@@H]2O[C@H](CO)[C@@H](O)[C@H]2O)C1=N.OB(O)F. The Morgan fingerprint density at radius 3 is 2.62 bits per heavy atom. The molecule has 1 aromatic heterocycles. The van der Waals surface area contributed by atoms with Crippen molar-refractivity contribution in [1.29, 1.82) is 5.41 Å². The molecular formula is C18H25BFN5O7. The van der Waals surface area contributed by atoms with Gasteiger partial charge in [-0.1, -0.05) is 24.3 Å². The highest BCUT2D eigenvalue weighted by molar-refractivity contribution is 6.31. The molecule has 1 saturated heterocycles. The summed E-state index contributed by atoms with van der Waals surface area (Å²) in [6, 6.07) is 7.86. The second-order valence-corrected chi connectivity index (χ2v) is 7.15. The number of imidazole rings is 1. The molecule has 0 saturated carbocycles. The number of hydrogen-bond acceptors (Lipinski definition) is 10. The van der Waals surface area contributed by atoms with Gasteiger partial charge >= 0.3 is 7.40 Å². The van der Waals surface area contributed by atoms with Crippen LogP contribution in [-0.4, -0.2) is 84.8 Å². The molecule has 4 atom stereocenters. The van der Waals surface area contributed by atoms with E-state index in [0.29, 0.717) is 18.1 Å². The van der Waals surface area contributed by atoms with Crippen LogP contribution in [0, 0.1) is 12.3 Å². The molecule has 3 heterocycles. The van der Waals surface area contributed by atoms with Gasteiger partial charge in [-0.15, -0.1) is 0 Å². The number of benzene rings is 1. The quantitative estimate of drug-likeness (QED) is 0.274. The number of hydrogen-bond donors (Lipinski definition) is 7. The number of nitrogens with one attached hydrogen (secondary N) is 2. The summed E-state index contributed by atoms with van der Waals surface area (Å²) >= 11 is 0. The summed E-state index contributed by atoms with van der Waals surface area (Å²) in [5.41, 5.74) is 2.47. The van der Waals surface area contributed by atoms with Crippen LogP contribution in [0.15, 0.2) is 30.6 Å². The maximum Gasteiger partial charge on any atom is 0.674 e. The summed E-state index contributed by atoms with van der Waals surface area (Å²) in [4.78, 5) is 10.0. The zero-order valence-corrected chi connectivity index (χ0v) is 17.2. The van der Waals surface area contributed by atoms with Gasteiger partial charge in [0.15, 0.2) is 12.1 Å². The Morgan fingerprint density at radius 1 is 1.31 bits per heavy atom. The highest BCUT2D eigenvalue weighted by Gasteiger charge is 2.44. The number of nitrogens with zero attached hydrogens (tertiary/aromatic N) is 3. The van der Waals surface area contributed by atoms with E-state index in [1.807, 2.05) is 31.2 Å². The third-order valence-corrected chi connectivity index (χ3v) is 5.09. The van der Waals surface area contributed by atoms with Gasteiger partial charge in [0.2, 0.25) is 0 Å². The second-order valence-electron chi connectivity index (χ2n) is 7.15. The number of aliphatic hydroxyl groups excluding tert-OH is 3. The number of halogens is 1. The molecule has 0 unspecified atom stereocenters. The van der Waals surface area contributed by atoms with Crippen LogP contribution < -0.4 is 5.32 Å². The Balaban J connectivity index is 0.000000668. The molecule has 0 spiro atoms. The zero-order valence-electron chi connectivity index (χ0n) is 17.2. The third-order valence-electron chi connectivity index (χ3n) is 5.09. The van der Waals surface area contributed by atoms with Crippen LogP contribution in [0.25, 0.3) is 0 Å². The fourth-order valence-corrected chi connectivity index (χ4v) is 3.39. The topological polar surface area (TPSA) is 177 Å². The number of amidine groups is 1. The van der Waals surface area contributed by atoms with Gasteiger partial charge in [-0.25, -0.2) is 10.0 Å². The first-order valence-corrected chi connectivity index (χ1v) is 9.71. The summed E-state index contributed by atoms with van der Waals surface area (Å²) in [5, 5.41) is 56.3. The monoisotopic (exact) mass is 453 g/mol. The highest BCUT2D eigenvalue weighted by Crippen LogP contribution is 2.34. The number of aliphatic hydroxyl groups is 3. The summed E-state index contributed by atoms with van der Waals surface area (Å²) in [7, 11) is -2.67. The van der Waals surface area contributed by atoms with Crippen molar-refractivity contribution in [2.75, 3.05) is 18.6 Å². The minimum atomic E-state index is -2.67. The van der Waals surface area contributed by atoms with E-state index < -0.39 is 38.5 Å². The van der Waals surface area contributed by atoms with Crippen LogP contribution in [0.5, 0.6) is 0 Å². The molecule has 0 bridgehead atoms. The van der Waals surface area contributed by atoms with E-state index in [1.165, 1.54) is 16.0 Å². The van der Waals surface area contributed by atoms with Crippen LogP contribution in [-0.2, 0) is 16.2 Å². The molecule has 0 radical (unpaired) electrons. The lowest BCUT2D eigenvalue weighted by Gasteiger charge is -2.30. The lowest BCUT2D eigenvalue weighted by molar-refractivity contribution is -0.108. The van der Waals surface area contributed by atoms with Gasteiger partial charge in [-0.05, 0) is 18.1 Å². The van der Waals surface area contributed by atoms with E-state index in [4.69, 9.17) is 25.0 Å². The summed E-state index contributed by atoms with van der Waals surface area (Å²) < 4.78 is 17.2. The fraction of sp³-hybridized carbons (Fsp3) is 0.444. The molecule has 2 aliphatic rings.